The molecule has 0 aliphatic rings. The summed E-state index contributed by atoms with van der Waals surface area (Å²) >= 11 is 0. The maximum Gasteiger partial charge on any atom is 0.247 e. The Balaban J connectivity index is 1.72. The SMILES string of the molecule is CCOCC(=O)NCN(CC)c1cccc(Oc2nccc3ccccc23)c1. The molecule has 0 bridgehead atoms. The second kappa shape index (κ2) is 9.71. The van der Waals surface area contributed by atoms with Crippen molar-refractivity contribution in [2.75, 3.05) is 31.3 Å². The Labute approximate surface area is 165 Å². The van der Waals surface area contributed by atoms with Crippen molar-refractivity contribution in [1.29, 1.82) is 0 Å². The molecule has 28 heavy (non-hydrogen) atoms. The Morgan fingerprint density at radius 3 is 2.79 bits per heavy atom. The fourth-order valence-corrected chi connectivity index (χ4v) is 2.84. The van der Waals surface area contributed by atoms with Crippen molar-refractivity contribution in [2.45, 2.75) is 13.8 Å². The van der Waals surface area contributed by atoms with E-state index in [0.29, 0.717) is 24.9 Å². The minimum absolute atomic E-state index is 0.0734. The molecule has 1 amide bonds. The third-order valence-electron chi connectivity index (χ3n) is 4.32. The molecule has 0 aliphatic carbocycles. The fourth-order valence-electron chi connectivity index (χ4n) is 2.84. The lowest BCUT2D eigenvalue weighted by Crippen LogP contribution is -2.39. The summed E-state index contributed by atoms with van der Waals surface area (Å²) in [6.07, 6.45) is 1.74. The molecule has 3 rings (SSSR count). The Bertz CT molecular complexity index is 924. The molecule has 0 saturated carbocycles. The molecule has 146 valence electrons. The third-order valence-corrected chi connectivity index (χ3v) is 4.32. The van der Waals surface area contributed by atoms with Gasteiger partial charge in [0.25, 0.3) is 0 Å². The summed E-state index contributed by atoms with van der Waals surface area (Å²) in [6, 6.07) is 17.7. The maximum absolute atomic E-state index is 11.8. The molecule has 2 aromatic carbocycles. The number of benzene rings is 2. The van der Waals surface area contributed by atoms with Crippen molar-refractivity contribution in [1.82, 2.24) is 10.3 Å². The van der Waals surface area contributed by atoms with Crippen LogP contribution in [0.3, 0.4) is 0 Å². The Hall–Kier alpha value is -3.12. The second-order valence-electron chi connectivity index (χ2n) is 6.19. The van der Waals surface area contributed by atoms with Gasteiger partial charge in [-0.15, -0.1) is 0 Å². The summed E-state index contributed by atoms with van der Waals surface area (Å²) in [6.45, 7) is 5.64. The van der Waals surface area contributed by atoms with Gasteiger partial charge in [-0.05, 0) is 43.5 Å². The normalized spacial score (nSPS) is 10.6. The van der Waals surface area contributed by atoms with Gasteiger partial charge in [-0.25, -0.2) is 4.98 Å². The average Bonchev–Trinajstić information content (AvgIpc) is 2.73. The van der Waals surface area contributed by atoms with Crippen LogP contribution in [0.25, 0.3) is 10.8 Å². The lowest BCUT2D eigenvalue weighted by molar-refractivity contribution is -0.125. The molecule has 6 heteroatoms. The highest BCUT2D eigenvalue weighted by atomic mass is 16.5. The predicted molar refractivity (Wildman–Crippen MR) is 111 cm³/mol. The topological polar surface area (TPSA) is 63.7 Å². The number of nitrogens with zero attached hydrogens (tertiary/aromatic N) is 2. The van der Waals surface area contributed by atoms with E-state index in [1.807, 2.05) is 73.3 Å². The summed E-state index contributed by atoms with van der Waals surface area (Å²) in [4.78, 5) is 18.2. The average molecular weight is 379 g/mol. The highest BCUT2D eigenvalue weighted by Crippen LogP contribution is 2.29. The van der Waals surface area contributed by atoms with Crippen molar-refractivity contribution in [3.8, 4) is 11.6 Å². The van der Waals surface area contributed by atoms with Gasteiger partial charge < -0.3 is 19.7 Å². The van der Waals surface area contributed by atoms with E-state index >= 15 is 0 Å². The molecule has 1 heterocycles. The second-order valence-corrected chi connectivity index (χ2v) is 6.19. The molecule has 1 aromatic heterocycles. The molecule has 0 fully saturated rings. The van der Waals surface area contributed by atoms with Crippen LogP contribution >= 0.6 is 0 Å². The van der Waals surface area contributed by atoms with Gasteiger partial charge in [-0.3, -0.25) is 4.79 Å². The molecule has 0 unspecified atom stereocenters. The molecular formula is C22H25N3O3. The van der Waals surface area contributed by atoms with E-state index in [1.54, 1.807) is 6.20 Å². The Kier molecular flexibility index (Phi) is 6.81. The van der Waals surface area contributed by atoms with Crippen LogP contribution in [-0.4, -0.2) is 37.3 Å². The number of pyridine rings is 1. The molecule has 0 atom stereocenters. The summed E-state index contributed by atoms with van der Waals surface area (Å²) in [5, 5.41) is 4.91. The van der Waals surface area contributed by atoms with Gasteiger partial charge in [-0.2, -0.15) is 0 Å². The first kappa shape index (κ1) is 19.6. The molecular weight excluding hydrogens is 354 g/mol. The first-order valence-corrected chi connectivity index (χ1v) is 9.42. The van der Waals surface area contributed by atoms with E-state index in [9.17, 15) is 4.79 Å². The van der Waals surface area contributed by atoms with Crippen molar-refractivity contribution in [3.63, 3.8) is 0 Å². The van der Waals surface area contributed by atoms with Crippen molar-refractivity contribution in [2.24, 2.45) is 0 Å². The number of aromatic nitrogens is 1. The molecule has 3 aromatic rings. The minimum Gasteiger partial charge on any atom is -0.438 e. The van der Waals surface area contributed by atoms with E-state index in [2.05, 4.69) is 10.3 Å². The number of hydrogen-bond donors (Lipinski definition) is 1. The zero-order chi connectivity index (χ0) is 19.8. The van der Waals surface area contributed by atoms with Gasteiger partial charge in [0.2, 0.25) is 11.8 Å². The molecule has 6 nitrogen and oxygen atoms in total. The first-order chi connectivity index (χ1) is 13.7. The Morgan fingerprint density at radius 1 is 1.11 bits per heavy atom. The van der Waals surface area contributed by atoms with Gasteiger partial charge in [-0.1, -0.05) is 24.3 Å². The lowest BCUT2D eigenvalue weighted by Gasteiger charge is -2.24. The van der Waals surface area contributed by atoms with Gasteiger partial charge in [0, 0.05) is 36.5 Å². The van der Waals surface area contributed by atoms with E-state index in [0.717, 1.165) is 23.0 Å². The summed E-state index contributed by atoms with van der Waals surface area (Å²) in [5.74, 6) is 1.14. The number of carbonyl (C=O) groups excluding carboxylic acids is 1. The zero-order valence-electron chi connectivity index (χ0n) is 16.2. The molecule has 0 radical (unpaired) electrons. The largest absolute Gasteiger partial charge is 0.438 e. The van der Waals surface area contributed by atoms with Crippen LogP contribution < -0.4 is 15.0 Å². The number of nitrogens with one attached hydrogen (secondary N) is 1. The standard InChI is InChI=1S/C22H25N3O3/c1-3-25(16-24-21(26)15-27-4-2)18-9-7-10-19(14-18)28-22-20-11-6-5-8-17(20)12-13-23-22/h5-14H,3-4,15-16H2,1-2H3,(H,24,26). The van der Waals surface area contributed by atoms with Gasteiger partial charge in [0.05, 0.1) is 6.67 Å². The number of carbonyl (C=O) groups is 1. The summed E-state index contributed by atoms with van der Waals surface area (Å²) in [7, 11) is 0. The molecule has 0 spiro atoms. The van der Waals surface area contributed by atoms with E-state index in [1.165, 1.54) is 0 Å². The monoisotopic (exact) mass is 379 g/mol. The number of rotatable bonds is 9. The first-order valence-electron chi connectivity index (χ1n) is 9.42. The van der Waals surface area contributed by atoms with E-state index in [-0.39, 0.29) is 12.5 Å². The van der Waals surface area contributed by atoms with Crippen molar-refractivity contribution >= 4 is 22.4 Å². The predicted octanol–water partition coefficient (Wildman–Crippen LogP) is 3.96. The smallest absolute Gasteiger partial charge is 0.247 e. The van der Waals surface area contributed by atoms with Gasteiger partial charge >= 0.3 is 0 Å². The van der Waals surface area contributed by atoms with Gasteiger partial charge in [0.15, 0.2) is 0 Å². The quantitative estimate of drug-likeness (QED) is 0.570. The summed E-state index contributed by atoms with van der Waals surface area (Å²) in [5.41, 5.74) is 0.956. The number of amides is 1. The number of anilines is 1. The molecule has 0 aliphatic heterocycles. The zero-order valence-corrected chi connectivity index (χ0v) is 16.2. The highest BCUT2D eigenvalue weighted by Gasteiger charge is 2.10. The molecule has 1 N–H and O–H groups in total. The van der Waals surface area contributed by atoms with Crippen LogP contribution in [0.2, 0.25) is 0 Å². The maximum atomic E-state index is 11.8. The summed E-state index contributed by atoms with van der Waals surface area (Å²) < 4.78 is 11.2. The minimum atomic E-state index is -0.132. The fraction of sp³-hybridized carbons (Fsp3) is 0.273. The van der Waals surface area contributed by atoms with Crippen LogP contribution in [0.1, 0.15) is 13.8 Å². The van der Waals surface area contributed by atoms with Crippen LogP contribution in [0, 0.1) is 0 Å². The van der Waals surface area contributed by atoms with Crippen LogP contribution in [0.5, 0.6) is 11.6 Å². The van der Waals surface area contributed by atoms with Gasteiger partial charge in [0.1, 0.15) is 12.4 Å². The number of hydrogen-bond acceptors (Lipinski definition) is 5. The third kappa shape index (κ3) is 4.98. The number of ether oxygens (including phenoxy) is 2. The molecule has 0 saturated heterocycles. The van der Waals surface area contributed by atoms with Crippen LogP contribution in [0.15, 0.2) is 60.8 Å². The van der Waals surface area contributed by atoms with E-state index < -0.39 is 0 Å². The number of fused-ring (bicyclic) bond motifs is 1. The highest BCUT2D eigenvalue weighted by molar-refractivity contribution is 5.86. The Morgan fingerprint density at radius 2 is 1.96 bits per heavy atom. The van der Waals surface area contributed by atoms with Crippen LogP contribution in [0.4, 0.5) is 5.69 Å². The van der Waals surface area contributed by atoms with Crippen molar-refractivity contribution < 1.29 is 14.3 Å². The van der Waals surface area contributed by atoms with E-state index in [4.69, 9.17) is 9.47 Å². The lowest BCUT2D eigenvalue weighted by atomic mass is 10.2. The van der Waals surface area contributed by atoms with Crippen molar-refractivity contribution in [3.05, 3.63) is 60.8 Å². The van der Waals surface area contributed by atoms with Crippen LogP contribution in [-0.2, 0) is 9.53 Å².